The molecule has 88 valence electrons. The van der Waals surface area contributed by atoms with Crippen molar-refractivity contribution in [2.24, 2.45) is 0 Å². The lowest BCUT2D eigenvalue weighted by Gasteiger charge is -2.01. The first-order chi connectivity index (χ1) is 7.20. The summed E-state index contributed by atoms with van der Waals surface area (Å²) in [5.41, 5.74) is 0. The number of carbonyl (C=O) groups is 2. The van der Waals surface area contributed by atoms with Gasteiger partial charge < -0.3 is 8.37 Å². The molecular weight excluding hydrogens is 256 g/mol. The molecule has 0 amide bonds. The molecule has 0 aliphatic heterocycles. The van der Waals surface area contributed by atoms with Crippen molar-refractivity contribution in [3.8, 4) is 0 Å². The molecule has 0 unspecified atom stereocenters. The molecule has 0 heterocycles. The molecule has 0 fully saturated rings. The van der Waals surface area contributed by atoms with Crippen LogP contribution in [0.4, 0.5) is 0 Å². The summed E-state index contributed by atoms with van der Waals surface area (Å²) in [5.74, 6) is 0.440. The number of rotatable bonds is 8. The second-order valence-corrected chi connectivity index (χ2v) is 4.00. The van der Waals surface area contributed by atoms with Gasteiger partial charge in [-0.2, -0.15) is 25.3 Å². The minimum absolute atomic E-state index is 0.282. The first-order valence-electron chi connectivity index (χ1n) is 4.49. The monoisotopic (exact) mass is 270 g/mol. The topological polar surface area (TPSA) is 52.6 Å². The maximum Gasteiger partial charge on any atom is 0.320 e. The highest BCUT2D eigenvalue weighted by atomic mass is 32.2. The minimum atomic E-state index is -0.406. The van der Waals surface area contributed by atoms with E-state index < -0.39 is 11.9 Å². The molecule has 0 aliphatic rings. The first kappa shape index (κ1) is 15.0. The second kappa shape index (κ2) is 10.5. The van der Waals surface area contributed by atoms with E-state index in [4.69, 9.17) is 0 Å². The summed E-state index contributed by atoms with van der Waals surface area (Å²) in [6.45, 7) is 0. The summed E-state index contributed by atoms with van der Waals surface area (Å²) in [5, 5.41) is 0. The number of carbonyl (C=O) groups excluding carboxylic acids is 2. The molecule has 0 rings (SSSR count). The lowest BCUT2D eigenvalue weighted by atomic mass is 10.3. The Morgan fingerprint density at radius 3 is 1.67 bits per heavy atom. The summed E-state index contributed by atoms with van der Waals surface area (Å²) in [6, 6.07) is 0. The van der Waals surface area contributed by atoms with Crippen LogP contribution in [0.1, 0.15) is 25.7 Å². The molecule has 0 bridgehead atoms. The van der Waals surface area contributed by atoms with E-state index in [0.29, 0.717) is 36.7 Å². The maximum atomic E-state index is 10.9. The van der Waals surface area contributed by atoms with Crippen LogP contribution in [0.3, 0.4) is 0 Å². The smallest absolute Gasteiger partial charge is 0.320 e. The Balaban J connectivity index is 3.36. The molecule has 0 saturated heterocycles. The Morgan fingerprint density at radius 2 is 1.33 bits per heavy atom. The Labute approximate surface area is 105 Å². The minimum Gasteiger partial charge on any atom is -0.355 e. The van der Waals surface area contributed by atoms with Gasteiger partial charge in [0.15, 0.2) is 0 Å². The molecule has 0 saturated carbocycles. The molecule has 0 spiro atoms. The highest BCUT2D eigenvalue weighted by molar-refractivity contribution is 7.90. The number of hydrogen-bond acceptors (Lipinski definition) is 7. The fourth-order valence-electron chi connectivity index (χ4n) is 0.623. The quantitative estimate of drug-likeness (QED) is 0.522. The molecule has 4 nitrogen and oxygen atoms in total. The number of thiol groups is 2. The Bertz CT molecular complexity index is 178. The van der Waals surface area contributed by atoms with Crippen LogP contribution in [0.5, 0.6) is 0 Å². The predicted molar refractivity (Wildman–Crippen MR) is 65.9 cm³/mol. The van der Waals surface area contributed by atoms with Crippen molar-refractivity contribution in [3.63, 3.8) is 0 Å². The van der Waals surface area contributed by atoms with Crippen LogP contribution in [-0.2, 0) is 18.0 Å². The predicted octanol–water partition coefficient (Wildman–Crippen LogP) is 2.06. The molecule has 0 aromatic carbocycles. The standard InChI is InChI=1S/C8H14O4S3/c9-7(3-1-5-13)11-15-12-8(10)4-2-6-14/h13-14H,1-6H2. The SMILES string of the molecule is O=C(CCCS)OSOC(=O)CCCS. The lowest BCUT2D eigenvalue weighted by Crippen LogP contribution is -2.03. The highest BCUT2D eigenvalue weighted by Crippen LogP contribution is 2.10. The van der Waals surface area contributed by atoms with Crippen molar-refractivity contribution < 1.29 is 18.0 Å². The zero-order valence-electron chi connectivity index (χ0n) is 8.18. The third-order valence-corrected chi connectivity index (χ3v) is 2.47. The van der Waals surface area contributed by atoms with E-state index in [0.717, 1.165) is 0 Å². The van der Waals surface area contributed by atoms with Gasteiger partial charge in [0, 0.05) is 12.8 Å². The molecule has 0 aromatic rings. The normalized spacial score (nSPS) is 9.73. The van der Waals surface area contributed by atoms with Crippen LogP contribution >= 0.6 is 37.6 Å². The second-order valence-electron chi connectivity index (χ2n) is 2.63. The highest BCUT2D eigenvalue weighted by Gasteiger charge is 2.07. The van der Waals surface area contributed by atoms with Gasteiger partial charge in [0.2, 0.25) is 0 Å². The Morgan fingerprint density at radius 1 is 0.933 bits per heavy atom. The Hall–Kier alpha value is -0.0100. The molecule has 0 N–H and O–H groups in total. The number of hydrogen-bond donors (Lipinski definition) is 2. The van der Waals surface area contributed by atoms with Crippen molar-refractivity contribution in [1.82, 2.24) is 0 Å². The van der Waals surface area contributed by atoms with Crippen LogP contribution in [0.15, 0.2) is 0 Å². The Kier molecular flexibility index (Phi) is 10.5. The molecule has 0 aliphatic carbocycles. The zero-order valence-corrected chi connectivity index (χ0v) is 10.8. The van der Waals surface area contributed by atoms with Gasteiger partial charge in [0.1, 0.15) is 0 Å². The van der Waals surface area contributed by atoms with Crippen molar-refractivity contribution in [2.75, 3.05) is 11.5 Å². The maximum absolute atomic E-state index is 10.9. The van der Waals surface area contributed by atoms with Crippen molar-refractivity contribution >= 4 is 49.5 Å². The van der Waals surface area contributed by atoms with Crippen LogP contribution in [0, 0.1) is 0 Å². The van der Waals surface area contributed by atoms with Crippen LogP contribution in [0.25, 0.3) is 0 Å². The van der Waals surface area contributed by atoms with Gasteiger partial charge in [0.05, 0.1) is 0 Å². The van der Waals surface area contributed by atoms with Gasteiger partial charge in [-0.25, -0.2) is 0 Å². The summed E-state index contributed by atoms with van der Waals surface area (Å²) < 4.78 is 9.15. The first-order valence-corrected chi connectivity index (χ1v) is 6.42. The van der Waals surface area contributed by atoms with E-state index in [-0.39, 0.29) is 12.8 Å². The molecule has 0 atom stereocenters. The third-order valence-electron chi connectivity index (χ3n) is 1.33. The fourth-order valence-corrected chi connectivity index (χ4v) is 1.29. The van der Waals surface area contributed by atoms with E-state index in [1.807, 2.05) is 0 Å². The van der Waals surface area contributed by atoms with Crippen LogP contribution < -0.4 is 0 Å². The van der Waals surface area contributed by atoms with Crippen molar-refractivity contribution in [2.45, 2.75) is 25.7 Å². The van der Waals surface area contributed by atoms with Gasteiger partial charge in [-0.3, -0.25) is 9.59 Å². The zero-order chi connectivity index (χ0) is 11.5. The molecule has 7 heteroatoms. The summed E-state index contributed by atoms with van der Waals surface area (Å²) in [4.78, 5) is 21.8. The molecular formula is C8H14O4S3. The average molecular weight is 270 g/mol. The largest absolute Gasteiger partial charge is 0.355 e. The van der Waals surface area contributed by atoms with Gasteiger partial charge in [0.25, 0.3) is 12.3 Å². The summed E-state index contributed by atoms with van der Waals surface area (Å²) in [7, 11) is 0. The van der Waals surface area contributed by atoms with Crippen LogP contribution in [0.2, 0.25) is 0 Å². The molecule has 15 heavy (non-hydrogen) atoms. The van der Waals surface area contributed by atoms with Gasteiger partial charge >= 0.3 is 11.9 Å². The van der Waals surface area contributed by atoms with Gasteiger partial charge in [-0.1, -0.05) is 0 Å². The average Bonchev–Trinajstić information content (AvgIpc) is 2.23. The summed E-state index contributed by atoms with van der Waals surface area (Å²) >= 11 is 8.32. The van der Waals surface area contributed by atoms with Crippen molar-refractivity contribution in [1.29, 1.82) is 0 Å². The van der Waals surface area contributed by atoms with E-state index in [1.165, 1.54) is 0 Å². The third kappa shape index (κ3) is 10.3. The van der Waals surface area contributed by atoms with Crippen LogP contribution in [-0.4, -0.2) is 23.4 Å². The molecule has 0 radical (unpaired) electrons. The lowest BCUT2D eigenvalue weighted by molar-refractivity contribution is -0.135. The van der Waals surface area contributed by atoms with E-state index in [2.05, 4.69) is 33.6 Å². The van der Waals surface area contributed by atoms with E-state index in [1.54, 1.807) is 0 Å². The van der Waals surface area contributed by atoms with E-state index >= 15 is 0 Å². The fraction of sp³-hybridized carbons (Fsp3) is 0.750. The van der Waals surface area contributed by atoms with E-state index in [9.17, 15) is 9.59 Å². The van der Waals surface area contributed by atoms with Crippen molar-refractivity contribution in [3.05, 3.63) is 0 Å². The van der Waals surface area contributed by atoms with Gasteiger partial charge in [-0.15, -0.1) is 0 Å². The molecule has 0 aromatic heterocycles. The summed E-state index contributed by atoms with van der Waals surface area (Å²) in [6.07, 6.45) is 1.86. The van der Waals surface area contributed by atoms with Gasteiger partial charge in [-0.05, 0) is 24.3 Å².